The molecular formula is C19H21N3O2. The molecule has 124 valence electrons. The predicted octanol–water partition coefficient (Wildman–Crippen LogP) is 3.66. The van der Waals surface area contributed by atoms with Gasteiger partial charge in [0.05, 0.1) is 11.4 Å². The Bertz CT molecular complexity index is 775. The van der Waals surface area contributed by atoms with Crippen molar-refractivity contribution in [3.05, 3.63) is 65.6 Å². The molecule has 0 radical (unpaired) electrons. The standard InChI is InChI=1S/C19H21N3O2/c1-3-12-20-19(23)18-13(2)17-15(10-7-11-16(17)24-18)22-21-14-8-5-4-6-9-14/h3-6,8-9,21H,1,7,10-12H2,2H3,(H,20,23)/b22-15+. The number of hydrogen-bond donors (Lipinski definition) is 2. The minimum Gasteiger partial charge on any atom is -0.455 e. The van der Waals surface area contributed by atoms with Crippen LogP contribution in [0.1, 0.15) is 40.3 Å². The van der Waals surface area contributed by atoms with E-state index in [9.17, 15) is 4.79 Å². The van der Waals surface area contributed by atoms with Crippen LogP contribution in [0.25, 0.3) is 0 Å². The van der Waals surface area contributed by atoms with Crippen LogP contribution in [0.15, 0.2) is 52.5 Å². The third-order valence-corrected chi connectivity index (χ3v) is 4.03. The van der Waals surface area contributed by atoms with Crippen LogP contribution in [0, 0.1) is 6.92 Å². The van der Waals surface area contributed by atoms with E-state index in [1.807, 2.05) is 37.3 Å². The van der Waals surface area contributed by atoms with Crippen molar-refractivity contribution in [3.63, 3.8) is 0 Å². The molecule has 1 aromatic heterocycles. The van der Waals surface area contributed by atoms with Gasteiger partial charge in [0.15, 0.2) is 5.76 Å². The number of amides is 1. The van der Waals surface area contributed by atoms with Crippen LogP contribution in [-0.2, 0) is 6.42 Å². The normalized spacial score (nSPS) is 15.0. The van der Waals surface area contributed by atoms with E-state index in [0.717, 1.165) is 47.5 Å². The molecule has 0 atom stereocenters. The van der Waals surface area contributed by atoms with Gasteiger partial charge in [-0.05, 0) is 31.9 Å². The molecule has 1 amide bonds. The molecule has 5 nitrogen and oxygen atoms in total. The molecule has 1 aliphatic rings. The lowest BCUT2D eigenvalue weighted by Gasteiger charge is -2.13. The van der Waals surface area contributed by atoms with Gasteiger partial charge in [-0.15, -0.1) is 6.58 Å². The van der Waals surface area contributed by atoms with Gasteiger partial charge in [0, 0.05) is 24.1 Å². The molecule has 1 heterocycles. The molecule has 1 aliphatic carbocycles. The average molecular weight is 323 g/mol. The number of nitrogens with one attached hydrogen (secondary N) is 2. The van der Waals surface area contributed by atoms with Crippen molar-refractivity contribution in [2.75, 3.05) is 12.0 Å². The summed E-state index contributed by atoms with van der Waals surface area (Å²) in [6.45, 7) is 5.93. The van der Waals surface area contributed by atoms with E-state index in [1.54, 1.807) is 6.08 Å². The van der Waals surface area contributed by atoms with Crippen LogP contribution in [0.3, 0.4) is 0 Å². The highest BCUT2D eigenvalue weighted by Gasteiger charge is 2.27. The van der Waals surface area contributed by atoms with Gasteiger partial charge in [0.25, 0.3) is 5.91 Å². The molecule has 0 bridgehead atoms. The van der Waals surface area contributed by atoms with Crippen molar-refractivity contribution in [3.8, 4) is 0 Å². The first-order chi connectivity index (χ1) is 11.7. The number of para-hydroxylation sites is 1. The molecular weight excluding hydrogens is 302 g/mol. The van der Waals surface area contributed by atoms with Gasteiger partial charge in [-0.1, -0.05) is 24.3 Å². The van der Waals surface area contributed by atoms with E-state index >= 15 is 0 Å². The van der Waals surface area contributed by atoms with Crippen LogP contribution < -0.4 is 10.7 Å². The molecule has 24 heavy (non-hydrogen) atoms. The van der Waals surface area contributed by atoms with E-state index in [1.165, 1.54) is 0 Å². The Balaban J connectivity index is 1.88. The van der Waals surface area contributed by atoms with E-state index in [0.29, 0.717) is 12.3 Å². The number of anilines is 1. The van der Waals surface area contributed by atoms with E-state index in [2.05, 4.69) is 22.4 Å². The lowest BCUT2D eigenvalue weighted by molar-refractivity contribution is 0.0927. The summed E-state index contributed by atoms with van der Waals surface area (Å²) in [7, 11) is 0. The van der Waals surface area contributed by atoms with Crippen molar-refractivity contribution in [1.82, 2.24) is 5.32 Å². The Kier molecular flexibility index (Phi) is 4.79. The molecule has 0 saturated heterocycles. The first kappa shape index (κ1) is 16.1. The molecule has 0 spiro atoms. The Morgan fingerprint density at radius 1 is 1.33 bits per heavy atom. The van der Waals surface area contributed by atoms with Crippen molar-refractivity contribution in [1.29, 1.82) is 0 Å². The summed E-state index contributed by atoms with van der Waals surface area (Å²) in [6.07, 6.45) is 4.30. The molecule has 0 unspecified atom stereocenters. The smallest absolute Gasteiger partial charge is 0.287 e. The van der Waals surface area contributed by atoms with Crippen molar-refractivity contribution >= 4 is 17.3 Å². The predicted molar refractivity (Wildman–Crippen MR) is 95.5 cm³/mol. The molecule has 2 aromatic rings. The fourth-order valence-corrected chi connectivity index (χ4v) is 2.89. The maximum Gasteiger partial charge on any atom is 0.287 e. The minimum atomic E-state index is -0.211. The number of fused-ring (bicyclic) bond motifs is 1. The lowest BCUT2D eigenvalue weighted by Crippen LogP contribution is -2.23. The van der Waals surface area contributed by atoms with E-state index in [-0.39, 0.29) is 5.91 Å². The fourth-order valence-electron chi connectivity index (χ4n) is 2.89. The van der Waals surface area contributed by atoms with Crippen LogP contribution >= 0.6 is 0 Å². The second-order valence-corrected chi connectivity index (χ2v) is 5.74. The summed E-state index contributed by atoms with van der Waals surface area (Å²) in [5.41, 5.74) is 6.77. The van der Waals surface area contributed by atoms with Crippen LogP contribution in [0.5, 0.6) is 0 Å². The highest BCUT2D eigenvalue weighted by Crippen LogP contribution is 2.30. The zero-order valence-electron chi connectivity index (χ0n) is 13.8. The highest BCUT2D eigenvalue weighted by atomic mass is 16.4. The van der Waals surface area contributed by atoms with Gasteiger partial charge in [-0.25, -0.2) is 0 Å². The number of aryl methyl sites for hydroxylation is 1. The molecule has 0 saturated carbocycles. The SMILES string of the molecule is C=CCNC(=O)c1oc2c(c1C)/C(=N/Nc1ccccc1)CCC2. The third-order valence-electron chi connectivity index (χ3n) is 4.03. The zero-order chi connectivity index (χ0) is 16.9. The summed E-state index contributed by atoms with van der Waals surface area (Å²) < 4.78 is 5.82. The summed E-state index contributed by atoms with van der Waals surface area (Å²) >= 11 is 0. The van der Waals surface area contributed by atoms with Crippen molar-refractivity contribution < 1.29 is 9.21 Å². The van der Waals surface area contributed by atoms with Gasteiger partial charge in [-0.2, -0.15) is 5.10 Å². The van der Waals surface area contributed by atoms with Crippen molar-refractivity contribution in [2.24, 2.45) is 5.10 Å². The maximum atomic E-state index is 12.2. The number of hydrazone groups is 1. The Morgan fingerprint density at radius 3 is 2.88 bits per heavy atom. The molecule has 3 rings (SSSR count). The van der Waals surface area contributed by atoms with Gasteiger partial charge < -0.3 is 9.73 Å². The maximum absolute atomic E-state index is 12.2. The van der Waals surface area contributed by atoms with Crippen LogP contribution in [0.4, 0.5) is 5.69 Å². The summed E-state index contributed by atoms with van der Waals surface area (Å²) in [4.78, 5) is 12.2. The Morgan fingerprint density at radius 2 is 2.12 bits per heavy atom. The number of hydrogen-bond acceptors (Lipinski definition) is 4. The van der Waals surface area contributed by atoms with Gasteiger partial charge in [0.1, 0.15) is 5.76 Å². The van der Waals surface area contributed by atoms with Gasteiger partial charge >= 0.3 is 0 Å². The first-order valence-electron chi connectivity index (χ1n) is 8.10. The minimum absolute atomic E-state index is 0.211. The quantitative estimate of drug-likeness (QED) is 0.652. The van der Waals surface area contributed by atoms with Crippen LogP contribution in [-0.4, -0.2) is 18.2 Å². The summed E-state index contributed by atoms with van der Waals surface area (Å²) in [5.74, 6) is 1.00. The fraction of sp³-hybridized carbons (Fsp3) is 0.263. The topological polar surface area (TPSA) is 66.6 Å². The number of rotatable bonds is 5. The first-order valence-corrected chi connectivity index (χ1v) is 8.10. The Hall–Kier alpha value is -2.82. The summed E-state index contributed by atoms with van der Waals surface area (Å²) in [5, 5.41) is 7.31. The molecule has 5 heteroatoms. The number of furan rings is 1. The van der Waals surface area contributed by atoms with Crippen molar-refractivity contribution in [2.45, 2.75) is 26.2 Å². The summed E-state index contributed by atoms with van der Waals surface area (Å²) in [6, 6.07) is 9.81. The molecule has 0 aliphatic heterocycles. The number of carbonyl (C=O) groups is 1. The van der Waals surface area contributed by atoms with Gasteiger partial charge in [-0.3, -0.25) is 10.2 Å². The van der Waals surface area contributed by atoms with Gasteiger partial charge in [0.2, 0.25) is 0 Å². The molecule has 0 fully saturated rings. The average Bonchev–Trinajstić information content (AvgIpc) is 2.96. The third kappa shape index (κ3) is 3.25. The lowest BCUT2D eigenvalue weighted by atomic mass is 9.93. The largest absolute Gasteiger partial charge is 0.455 e. The second kappa shape index (κ2) is 7.17. The van der Waals surface area contributed by atoms with E-state index in [4.69, 9.17) is 4.42 Å². The number of carbonyl (C=O) groups excluding carboxylic acids is 1. The second-order valence-electron chi connectivity index (χ2n) is 5.74. The number of nitrogens with zero attached hydrogens (tertiary/aromatic N) is 1. The monoisotopic (exact) mass is 323 g/mol. The Labute approximate surface area is 141 Å². The molecule has 2 N–H and O–H groups in total. The van der Waals surface area contributed by atoms with Crippen LogP contribution in [0.2, 0.25) is 0 Å². The number of benzene rings is 1. The highest BCUT2D eigenvalue weighted by molar-refractivity contribution is 6.06. The molecule has 1 aromatic carbocycles. The zero-order valence-corrected chi connectivity index (χ0v) is 13.8. The van der Waals surface area contributed by atoms with E-state index < -0.39 is 0 Å².